The number of rotatable bonds is 16. The maximum absolute atomic E-state index is 11.4. The normalized spacial score (nSPS) is 10.9. The van der Waals surface area contributed by atoms with Crippen molar-refractivity contribution in [3.63, 3.8) is 0 Å². The summed E-state index contributed by atoms with van der Waals surface area (Å²) in [6.45, 7) is 5.62. The lowest BCUT2D eigenvalue weighted by atomic mass is 10.1. The number of unbranched alkanes of at least 4 members (excludes halogenated alkanes) is 8. The zero-order chi connectivity index (χ0) is 17.9. The molecule has 0 amide bonds. The molecule has 0 spiro atoms. The van der Waals surface area contributed by atoms with E-state index in [0.717, 1.165) is 25.0 Å². The summed E-state index contributed by atoms with van der Waals surface area (Å²) >= 11 is 0. The molecule has 0 aromatic carbocycles. The van der Waals surface area contributed by atoms with Gasteiger partial charge in [0, 0.05) is 18.8 Å². The first-order valence-corrected chi connectivity index (χ1v) is 9.30. The van der Waals surface area contributed by atoms with E-state index in [1.165, 1.54) is 44.9 Å². The fraction of sp³-hybridized carbons (Fsp3) is 0.789. The molecule has 0 N–H and O–H groups in total. The summed E-state index contributed by atoms with van der Waals surface area (Å²) in [6.07, 6.45) is 13.2. The van der Waals surface area contributed by atoms with Crippen LogP contribution < -0.4 is 0 Å². The van der Waals surface area contributed by atoms with Crippen LogP contribution in [0.25, 0.3) is 0 Å². The van der Waals surface area contributed by atoms with E-state index in [0.29, 0.717) is 19.8 Å². The smallest absolute Gasteiger partial charge is 0.331 e. The molecule has 5 heteroatoms. The first kappa shape index (κ1) is 22.6. The maximum Gasteiger partial charge on any atom is 0.331 e. The van der Waals surface area contributed by atoms with Crippen LogP contribution in [0, 0.1) is 0 Å². The summed E-state index contributed by atoms with van der Waals surface area (Å²) in [5.41, 5.74) is 0. The number of ether oxygens (including phenoxy) is 3. The van der Waals surface area contributed by atoms with Gasteiger partial charge in [0.15, 0.2) is 0 Å². The Morgan fingerprint density at radius 2 is 1.17 bits per heavy atom. The molecule has 0 saturated carbocycles. The average molecular weight is 342 g/mol. The standard InChI is InChI=1S/C19H34O5/c1-3-5-6-7-8-9-10-11-12-15-23-18(20)13-14-19(21)24-17-16-22-4-2/h13-14H,3-12,15-17H2,1-2H3/b14-13+. The van der Waals surface area contributed by atoms with Crippen LogP contribution >= 0.6 is 0 Å². The van der Waals surface area contributed by atoms with Crippen molar-refractivity contribution in [1.29, 1.82) is 0 Å². The Morgan fingerprint density at radius 3 is 1.71 bits per heavy atom. The first-order valence-electron chi connectivity index (χ1n) is 9.30. The maximum atomic E-state index is 11.4. The Bertz CT molecular complexity index is 339. The van der Waals surface area contributed by atoms with E-state index in [2.05, 4.69) is 6.92 Å². The van der Waals surface area contributed by atoms with Crippen LogP contribution in [0.3, 0.4) is 0 Å². The molecule has 0 aliphatic carbocycles. The van der Waals surface area contributed by atoms with Gasteiger partial charge in [-0.2, -0.15) is 0 Å². The molecular weight excluding hydrogens is 308 g/mol. The third-order valence-electron chi connectivity index (χ3n) is 3.52. The van der Waals surface area contributed by atoms with Gasteiger partial charge in [0.2, 0.25) is 0 Å². The van der Waals surface area contributed by atoms with Gasteiger partial charge in [0.1, 0.15) is 6.61 Å². The lowest BCUT2D eigenvalue weighted by molar-refractivity contribution is -0.141. The highest BCUT2D eigenvalue weighted by Crippen LogP contribution is 2.09. The fourth-order valence-electron chi connectivity index (χ4n) is 2.16. The highest BCUT2D eigenvalue weighted by molar-refractivity contribution is 5.91. The molecule has 5 nitrogen and oxygen atoms in total. The van der Waals surface area contributed by atoms with Crippen molar-refractivity contribution in [1.82, 2.24) is 0 Å². The molecule has 0 radical (unpaired) electrons. The molecule has 0 fully saturated rings. The van der Waals surface area contributed by atoms with Crippen LogP contribution in [-0.2, 0) is 23.8 Å². The molecular formula is C19H34O5. The molecule has 24 heavy (non-hydrogen) atoms. The second-order valence-electron chi connectivity index (χ2n) is 5.69. The first-order chi connectivity index (χ1) is 11.7. The predicted molar refractivity (Wildman–Crippen MR) is 94.8 cm³/mol. The third kappa shape index (κ3) is 17.0. The quantitative estimate of drug-likeness (QED) is 0.239. The van der Waals surface area contributed by atoms with Crippen molar-refractivity contribution in [3.05, 3.63) is 12.2 Å². The topological polar surface area (TPSA) is 61.8 Å². The van der Waals surface area contributed by atoms with E-state index in [9.17, 15) is 9.59 Å². The molecule has 0 rings (SSSR count). The molecule has 140 valence electrons. The zero-order valence-electron chi connectivity index (χ0n) is 15.4. The van der Waals surface area contributed by atoms with E-state index in [1.807, 2.05) is 6.92 Å². The van der Waals surface area contributed by atoms with E-state index in [1.54, 1.807) is 0 Å². The Morgan fingerprint density at radius 1 is 0.667 bits per heavy atom. The van der Waals surface area contributed by atoms with Gasteiger partial charge in [-0.3, -0.25) is 0 Å². The second-order valence-corrected chi connectivity index (χ2v) is 5.69. The third-order valence-corrected chi connectivity index (χ3v) is 3.52. The number of hydrogen-bond acceptors (Lipinski definition) is 5. The molecule has 0 unspecified atom stereocenters. The van der Waals surface area contributed by atoms with Gasteiger partial charge in [-0.15, -0.1) is 0 Å². The van der Waals surface area contributed by atoms with Gasteiger partial charge in [0.05, 0.1) is 13.2 Å². The summed E-state index contributed by atoms with van der Waals surface area (Å²) < 4.78 is 14.9. The van der Waals surface area contributed by atoms with Gasteiger partial charge in [-0.25, -0.2) is 9.59 Å². The van der Waals surface area contributed by atoms with Crippen LogP contribution in [0.1, 0.15) is 71.6 Å². The van der Waals surface area contributed by atoms with E-state index >= 15 is 0 Å². The number of carbonyl (C=O) groups excluding carboxylic acids is 2. The largest absolute Gasteiger partial charge is 0.463 e. The van der Waals surface area contributed by atoms with Gasteiger partial charge in [-0.1, -0.05) is 58.3 Å². The minimum atomic E-state index is -0.560. The Hall–Kier alpha value is -1.36. The molecule has 0 aliphatic rings. The van der Waals surface area contributed by atoms with Crippen molar-refractivity contribution in [2.45, 2.75) is 71.6 Å². The molecule has 0 bridgehead atoms. The minimum Gasteiger partial charge on any atom is -0.463 e. The summed E-state index contributed by atoms with van der Waals surface area (Å²) in [7, 11) is 0. The molecule has 0 saturated heterocycles. The van der Waals surface area contributed by atoms with Crippen molar-refractivity contribution < 1.29 is 23.8 Å². The predicted octanol–water partition coefficient (Wildman–Crippen LogP) is 4.20. The molecule has 0 heterocycles. The highest BCUT2D eigenvalue weighted by Gasteiger charge is 2.01. The van der Waals surface area contributed by atoms with Crippen molar-refractivity contribution in [2.24, 2.45) is 0 Å². The summed E-state index contributed by atoms with van der Waals surface area (Å²) in [4.78, 5) is 22.7. The van der Waals surface area contributed by atoms with Crippen LogP contribution in [0.2, 0.25) is 0 Å². The van der Waals surface area contributed by atoms with E-state index < -0.39 is 11.9 Å². The van der Waals surface area contributed by atoms with Gasteiger partial charge in [-0.05, 0) is 13.3 Å². The highest BCUT2D eigenvalue weighted by atomic mass is 16.6. The van der Waals surface area contributed by atoms with Gasteiger partial charge >= 0.3 is 11.9 Å². The average Bonchev–Trinajstić information content (AvgIpc) is 2.58. The molecule has 0 aliphatic heterocycles. The number of carbonyl (C=O) groups is 2. The van der Waals surface area contributed by atoms with Crippen LogP contribution in [-0.4, -0.2) is 38.4 Å². The van der Waals surface area contributed by atoms with Crippen LogP contribution in [0.15, 0.2) is 12.2 Å². The minimum absolute atomic E-state index is 0.185. The number of hydrogen-bond donors (Lipinski definition) is 0. The van der Waals surface area contributed by atoms with E-state index in [-0.39, 0.29) is 6.61 Å². The van der Waals surface area contributed by atoms with Crippen molar-refractivity contribution in [3.8, 4) is 0 Å². The lowest BCUT2D eigenvalue weighted by Crippen LogP contribution is -2.09. The lowest BCUT2D eigenvalue weighted by Gasteiger charge is -2.03. The number of esters is 2. The molecule has 0 atom stereocenters. The van der Waals surface area contributed by atoms with Crippen molar-refractivity contribution in [2.75, 3.05) is 26.4 Å². The SMILES string of the molecule is CCCCCCCCCCCOC(=O)/C=C/C(=O)OCCOCC. The fourth-order valence-corrected chi connectivity index (χ4v) is 2.16. The zero-order valence-corrected chi connectivity index (χ0v) is 15.4. The Labute approximate surface area is 146 Å². The Kier molecular flexibility index (Phi) is 17.0. The second kappa shape index (κ2) is 18.0. The van der Waals surface area contributed by atoms with Crippen LogP contribution in [0.4, 0.5) is 0 Å². The summed E-state index contributed by atoms with van der Waals surface area (Å²) in [6, 6.07) is 0. The Balaban J connectivity index is 3.42. The van der Waals surface area contributed by atoms with Gasteiger partial charge < -0.3 is 14.2 Å². The van der Waals surface area contributed by atoms with E-state index in [4.69, 9.17) is 14.2 Å². The van der Waals surface area contributed by atoms with Crippen molar-refractivity contribution >= 4 is 11.9 Å². The summed E-state index contributed by atoms with van der Waals surface area (Å²) in [5, 5.41) is 0. The summed E-state index contributed by atoms with van der Waals surface area (Å²) in [5.74, 6) is -1.06. The van der Waals surface area contributed by atoms with Crippen LogP contribution in [0.5, 0.6) is 0 Å². The molecule has 0 aromatic heterocycles. The monoisotopic (exact) mass is 342 g/mol. The molecule has 0 aromatic rings. The van der Waals surface area contributed by atoms with Gasteiger partial charge in [0.25, 0.3) is 0 Å².